The zero-order valence-corrected chi connectivity index (χ0v) is 14.4. The van der Waals surface area contributed by atoms with Crippen LogP contribution in [0.1, 0.15) is 35.9 Å². The number of ether oxygens (including phenoxy) is 2. The molecule has 0 atom stereocenters. The van der Waals surface area contributed by atoms with Crippen molar-refractivity contribution in [1.29, 1.82) is 0 Å². The van der Waals surface area contributed by atoms with Gasteiger partial charge in [0.15, 0.2) is 5.56 Å². The number of nitrogens with zero attached hydrogens (tertiary/aromatic N) is 2. The Labute approximate surface area is 144 Å². The molecule has 0 fully saturated rings. The van der Waals surface area contributed by atoms with Gasteiger partial charge < -0.3 is 20.3 Å². The Morgan fingerprint density at radius 2 is 1.88 bits per heavy atom. The third-order valence-corrected chi connectivity index (χ3v) is 3.76. The number of benzene rings is 1. The largest absolute Gasteiger partial charge is 0.494 e. The fraction of sp³-hybridized carbons (Fsp3) is 0.353. The smallest absolute Gasteiger partial charge is 0.275 e. The summed E-state index contributed by atoms with van der Waals surface area (Å²) in [6.07, 6.45) is 2.01. The van der Waals surface area contributed by atoms with Crippen LogP contribution in [0.5, 0.6) is 17.4 Å². The average molecular weight is 347 g/mol. The van der Waals surface area contributed by atoms with Gasteiger partial charge in [0, 0.05) is 6.42 Å². The number of methoxy groups -OCH3 is 2. The lowest BCUT2D eigenvalue weighted by Gasteiger charge is -2.18. The molecule has 0 aliphatic rings. The predicted octanol–water partition coefficient (Wildman–Crippen LogP) is 1.40. The van der Waals surface area contributed by atoms with E-state index in [2.05, 4.69) is 4.98 Å². The first kappa shape index (κ1) is 18.3. The summed E-state index contributed by atoms with van der Waals surface area (Å²) in [5.41, 5.74) is 4.20. The zero-order chi connectivity index (χ0) is 18.6. The summed E-state index contributed by atoms with van der Waals surface area (Å²) in [4.78, 5) is 28.5. The van der Waals surface area contributed by atoms with Gasteiger partial charge in [0.1, 0.15) is 23.0 Å². The molecule has 0 saturated carbocycles. The molecule has 25 heavy (non-hydrogen) atoms. The maximum atomic E-state index is 12.9. The van der Waals surface area contributed by atoms with Crippen LogP contribution in [-0.4, -0.2) is 34.8 Å². The number of aromatic nitrogens is 2. The summed E-state index contributed by atoms with van der Waals surface area (Å²) in [5, 5.41) is 9.98. The van der Waals surface area contributed by atoms with Crippen LogP contribution in [0.4, 0.5) is 0 Å². The van der Waals surface area contributed by atoms with Crippen molar-refractivity contribution in [3.8, 4) is 23.1 Å². The fourth-order valence-electron chi connectivity index (χ4n) is 2.55. The summed E-state index contributed by atoms with van der Waals surface area (Å²) in [5.74, 6) is -0.713. The lowest BCUT2D eigenvalue weighted by molar-refractivity contribution is 0.0995. The molecule has 2 rings (SSSR count). The van der Waals surface area contributed by atoms with E-state index in [-0.39, 0.29) is 5.82 Å². The lowest BCUT2D eigenvalue weighted by Crippen LogP contribution is -2.32. The highest BCUT2D eigenvalue weighted by atomic mass is 16.5. The topological polar surface area (TPSA) is 117 Å². The highest BCUT2D eigenvalue weighted by Crippen LogP contribution is 2.32. The minimum Gasteiger partial charge on any atom is -0.494 e. The Kier molecular flexibility index (Phi) is 5.63. The van der Waals surface area contributed by atoms with Crippen molar-refractivity contribution in [3.63, 3.8) is 0 Å². The van der Waals surface area contributed by atoms with Crippen LogP contribution < -0.4 is 20.8 Å². The molecule has 2 aromatic rings. The summed E-state index contributed by atoms with van der Waals surface area (Å²) in [6.45, 7) is 1.99. The summed E-state index contributed by atoms with van der Waals surface area (Å²) >= 11 is 0. The first-order valence-corrected chi connectivity index (χ1v) is 7.82. The van der Waals surface area contributed by atoms with E-state index in [4.69, 9.17) is 15.2 Å². The van der Waals surface area contributed by atoms with Gasteiger partial charge in [0.05, 0.1) is 14.2 Å². The lowest BCUT2D eigenvalue weighted by atomic mass is 10.2. The molecule has 134 valence electrons. The number of rotatable bonds is 7. The second-order valence-electron chi connectivity index (χ2n) is 5.35. The van der Waals surface area contributed by atoms with Crippen LogP contribution in [0.3, 0.4) is 0 Å². The van der Waals surface area contributed by atoms with Crippen molar-refractivity contribution in [3.05, 3.63) is 39.9 Å². The molecule has 0 unspecified atom stereocenters. The Hall–Kier alpha value is -3.03. The van der Waals surface area contributed by atoms with Crippen molar-refractivity contribution < 1.29 is 19.4 Å². The number of hydrogen-bond acceptors (Lipinski definition) is 6. The van der Waals surface area contributed by atoms with Gasteiger partial charge in [-0.1, -0.05) is 19.4 Å². The molecule has 3 N–H and O–H groups in total. The molecular weight excluding hydrogens is 326 g/mol. The number of aromatic hydroxyl groups is 1. The number of carbonyl (C=O) groups is 1. The Balaban J connectivity index is 2.90. The Bertz CT molecular complexity index is 823. The molecule has 1 aromatic heterocycles. The van der Waals surface area contributed by atoms with Gasteiger partial charge in [-0.05, 0) is 18.6 Å². The van der Waals surface area contributed by atoms with Gasteiger partial charge >= 0.3 is 0 Å². The second-order valence-corrected chi connectivity index (χ2v) is 5.35. The van der Waals surface area contributed by atoms with Crippen molar-refractivity contribution in [1.82, 2.24) is 9.55 Å². The number of aryl methyl sites for hydroxylation is 1. The standard InChI is InChI=1S/C17H21N3O5/c1-4-5-9-12-19-16(22)13(15(18)21)17(23)20(12)14-10(24-2)7-6-8-11(14)25-3/h6-8,22H,4-5,9H2,1-3H3,(H2,18,21). The quantitative estimate of drug-likeness (QED) is 0.782. The molecule has 0 aliphatic carbocycles. The second kappa shape index (κ2) is 7.69. The van der Waals surface area contributed by atoms with E-state index < -0.39 is 22.9 Å². The summed E-state index contributed by atoms with van der Waals surface area (Å²) in [6, 6.07) is 5.02. The molecule has 0 bridgehead atoms. The van der Waals surface area contributed by atoms with E-state index in [1.807, 2.05) is 6.92 Å². The molecular formula is C17H21N3O5. The Morgan fingerprint density at radius 1 is 1.28 bits per heavy atom. The van der Waals surface area contributed by atoms with Gasteiger partial charge in [-0.15, -0.1) is 0 Å². The molecule has 8 heteroatoms. The third kappa shape index (κ3) is 3.42. The molecule has 1 heterocycles. The maximum Gasteiger partial charge on any atom is 0.275 e. The van der Waals surface area contributed by atoms with Crippen LogP contribution in [0.2, 0.25) is 0 Å². The van der Waals surface area contributed by atoms with Gasteiger partial charge in [0.2, 0.25) is 5.88 Å². The molecule has 8 nitrogen and oxygen atoms in total. The molecule has 1 amide bonds. The monoisotopic (exact) mass is 347 g/mol. The molecule has 0 aliphatic heterocycles. The third-order valence-electron chi connectivity index (χ3n) is 3.76. The van der Waals surface area contributed by atoms with E-state index >= 15 is 0 Å². The summed E-state index contributed by atoms with van der Waals surface area (Å²) < 4.78 is 11.9. The van der Waals surface area contributed by atoms with Crippen molar-refractivity contribution in [2.24, 2.45) is 5.73 Å². The number of amides is 1. The van der Waals surface area contributed by atoms with E-state index in [9.17, 15) is 14.7 Å². The molecule has 0 saturated heterocycles. The molecule has 0 radical (unpaired) electrons. The zero-order valence-electron chi connectivity index (χ0n) is 14.4. The van der Waals surface area contributed by atoms with Crippen molar-refractivity contribution >= 4 is 5.91 Å². The van der Waals surface area contributed by atoms with E-state index in [0.29, 0.717) is 23.6 Å². The van der Waals surface area contributed by atoms with E-state index in [0.717, 1.165) is 12.8 Å². The maximum absolute atomic E-state index is 12.9. The van der Waals surface area contributed by atoms with Crippen LogP contribution in [0.15, 0.2) is 23.0 Å². The average Bonchev–Trinajstić information content (AvgIpc) is 2.58. The van der Waals surface area contributed by atoms with Gasteiger partial charge in [-0.2, -0.15) is 4.98 Å². The SMILES string of the molecule is CCCCc1nc(O)c(C(N)=O)c(=O)n1-c1c(OC)cccc1OC. The van der Waals surface area contributed by atoms with Crippen LogP contribution in [0.25, 0.3) is 5.69 Å². The van der Waals surface area contributed by atoms with Crippen LogP contribution in [0, 0.1) is 0 Å². The number of unbranched alkanes of at least 4 members (excludes halogenated alkanes) is 1. The normalized spacial score (nSPS) is 10.5. The van der Waals surface area contributed by atoms with E-state index in [1.54, 1.807) is 18.2 Å². The highest BCUT2D eigenvalue weighted by Gasteiger charge is 2.24. The van der Waals surface area contributed by atoms with Crippen LogP contribution >= 0.6 is 0 Å². The van der Waals surface area contributed by atoms with Gasteiger partial charge in [-0.3, -0.25) is 14.2 Å². The Morgan fingerprint density at radius 3 is 2.36 bits per heavy atom. The number of primary amides is 1. The minimum absolute atomic E-state index is 0.289. The highest BCUT2D eigenvalue weighted by molar-refractivity contribution is 5.94. The number of para-hydroxylation sites is 1. The summed E-state index contributed by atoms with van der Waals surface area (Å²) in [7, 11) is 2.91. The molecule has 0 spiro atoms. The number of nitrogens with two attached hydrogens (primary N) is 1. The molecule has 1 aromatic carbocycles. The predicted molar refractivity (Wildman–Crippen MR) is 91.7 cm³/mol. The fourth-order valence-corrected chi connectivity index (χ4v) is 2.55. The van der Waals surface area contributed by atoms with Crippen LogP contribution in [-0.2, 0) is 6.42 Å². The number of hydrogen-bond donors (Lipinski definition) is 2. The first-order valence-electron chi connectivity index (χ1n) is 7.82. The van der Waals surface area contributed by atoms with Gasteiger partial charge in [0.25, 0.3) is 11.5 Å². The van der Waals surface area contributed by atoms with Crippen molar-refractivity contribution in [2.45, 2.75) is 26.2 Å². The minimum atomic E-state index is -1.06. The van der Waals surface area contributed by atoms with Gasteiger partial charge in [-0.25, -0.2) is 0 Å². The first-order chi connectivity index (χ1) is 12.0. The number of carbonyl (C=O) groups excluding carboxylic acids is 1. The van der Waals surface area contributed by atoms with Crippen molar-refractivity contribution in [2.75, 3.05) is 14.2 Å². The van der Waals surface area contributed by atoms with E-state index in [1.165, 1.54) is 18.8 Å².